The molecular weight excluding hydrogens is 504 g/mol. The number of aliphatic hydroxyl groups is 5. The predicted molar refractivity (Wildman–Crippen MR) is 154 cm³/mol. The van der Waals surface area contributed by atoms with Crippen LogP contribution in [0.1, 0.15) is 107 Å². The molecule has 0 fully saturated rings. The van der Waals surface area contributed by atoms with E-state index in [1.165, 1.54) is 0 Å². The summed E-state index contributed by atoms with van der Waals surface area (Å²) < 4.78 is 25.5. The Balaban J connectivity index is 6.02. The van der Waals surface area contributed by atoms with Gasteiger partial charge in [-0.3, -0.25) is 0 Å². The van der Waals surface area contributed by atoms with Crippen molar-refractivity contribution in [3.8, 4) is 0 Å². The minimum Gasteiger partial charge on any atom is -0.394 e. The van der Waals surface area contributed by atoms with Crippen molar-refractivity contribution in [1.29, 1.82) is 0 Å². The highest BCUT2D eigenvalue weighted by Crippen LogP contribution is 2.35. The van der Waals surface area contributed by atoms with Crippen molar-refractivity contribution in [1.82, 2.24) is 0 Å². The molecule has 6 unspecified atom stereocenters. The minimum atomic E-state index is -0.883. The lowest BCUT2D eigenvalue weighted by Crippen LogP contribution is -2.49. The van der Waals surface area contributed by atoms with Crippen LogP contribution in [0.2, 0.25) is 0 Å². The molecule has 5 N–H and O–H groups in total. The van der Waals surface area contributed by atoms with Gasteiger partial charge in [0, 0.05) is 31.8 Å². The molecule has 236 valence electrons. The van der Waals surface area contributed by atoms with E-state index in [1.54, 1.807) is 0 Å². The van der Waals surface area contributed by atoms with Crippen molar-refractivity contribution < 1.29 is 44.5 Å². The second-order valence-electron chi connectivity index (χ2n) is 12.4. The van der Waals surface area contributed by atoms with E-state index < -0.39 is 40.7 Å². The molecule has 9 heteroatoms. The van der Waals surface area contributed by atoms with Gasteiger partial charge in [0.1, 0.15) is 0 Å². The third-order valence-electron chi connectivity index (χ3n) is 8.14. The molecule has 6 atom stereocenters. The molecular formula is C30H62O9. The normalized spacial score (nSPS) is 20.5. The monoisotopic (exact) mass is 566 g/mol. The zero-order valence-corrected chi connectivity index (χ0v) is 26.4. The summed E-state index contributed by atoms with van der Waals surface area (Å²) in [6.45, 7) is 18.2. The Hall–Kier alpha value is -0.360. The van der Waals surface area contributed by atoms with E-state index in [2.05, 4.69) is 6.92 Å². The van der Waals surface area contributed by atoms with Crippen LogP contribution in [0.3, 0.4) is 0 Å². The van der Waals surface area contributed by atoms with E-state index in [-0.39, 0.29) is 51.8 Å². The molecule has 9 nitrogen and oxygen atoms in total. The maximum atomic E-state index is 10.3. The summed E-state index contributed by atoms with van der Waals surface area (Å²) in [4.78, 5) is 0. The lowest BCUT2D eigenvalue weighted by atomic mass is 9.85. The summed E-state index contributed by atoms with van der Waals surface area (Å²) >= 11 is 0. The molecule has 39 heavy (non-hydrogen) atoms. The van der Waals surface area contributed by atoms with Gasteiger partial charge in [0.25, 0.3) is 0 Å². The Morgan fingerprint density at radius 1 is 0.615 bits per heavy atom. The molecule has 0 heterocycles. The molecule has 0 saturated carbocycles. The molecule has 0 aromatic heterocycles. The van der Waals surface area contributed by atoms with E-state index in [4.69, 9.17) is 18.9 Å². The molecule has 0 aromatic rings. The fourth-order valence-electron chi connectivity index (χ4n) is 4.72. The van der Waals surface area contributed by atoms with E-state index in [0.29, 0.717) is 32.3 Å². The minimum absolute atomic E-state index is 0.159. The van der Waals surface area contributed by atoms with E-state index >= 15 is 0 Å². The standard InChI is InChI=1S/C30H62O9/c1-10-14-36-27(5,6)17-26(20-33)39-30(9,13-4)23(21-37-28(7,11-2)15-24(34)18-31)22-38-29(8,12-3)16-25(35)19-32/h23-26,31-35H,10-22H2,1-9H3. The first-order chi connectivity index (χ1) is 18.1. The third kappa shape index (κ3) is 14.4. The predicted octanol–water partition coefficient (Wildman–Crippen LogP) is 3.60. The Kier molecular flexibility index (Phi) is 18.1. The fraction of sp³-hybridized carbons (Fsp3) is 1.00. The molecule has 0 radical (unpaired) electrons. The Labute approximate surface area is 238 Å². The van der Waals surface area contributed by atoms with Gasteiger partial charge in [-0.2, -0.15) is 0 Å². The summed E-state index contributed by atoms with van der Waals surface area (Å²) in [6.07, 6.45) is 1.66. The topological polar surface area (TPSA) is 138 Å². The zero-order chi connectivity index (χ0) is 30.3. The van der Waals surface area contributed by atoms with Crippen molar-refractivity contribution >= 4 is 0 Å². The van der Waals surface area contributed by atoms with Gasteiger partial charge in [0.05, 0.1) is 73.8 Å². The number of aliphatic hydroxyl groups excluding tert-OH is 5. The first-order valence-corrected chi connectivity index (χ1v) is 14.9. The Morgan fingerprint density at radius 2 is 1.08 bits per heavy atom. The Bertz CT molecular complexity index is 604. The van der Waals surface area contributed by atoms with Crippen LogP contribution < -0.4 is 0 Å². The van der Waals surface area contributed by atoms with Crippen molar-refractivity contribution in [3.63, 3.8) is 0 Å². The van der Waals surface area contributed by atoms with Crippen molar-refractivity contribution in [2.24, 2.45) is 5.92 Å². The summed E-state index contributed by atoms with van der Waals surface area (Å²) in [5.41, 5.74) is -2.53. The van der Waals surface area contributed by atoms with Gasteiger partial charge < -0.3 is 44.5 Å². The molecule has 0 saturated heterocycles. The van der Waals surface area contributed by atoms with Gasteiger partial charge in [-0.25, -0.2) is 0 Å². The van der Waals surface area contributed by atoms with Gasteiger partial charge in [0.15, 0.2) is 0 Å². The van der Waals surface area contributed by atoms with Crippen LogP contribution in [0, 0.1) is 5.92 Å². The zero-order valence-electron chi connectivity index (χ0n) is 26.4. The van der Waals surface area contributed by atoms with Gasteiger partial charge in [0.2, 0.25) is 0 Å². The van der Waals surface area contributed by atoms with E-state index in [9.17, 15) is 25.5 Å². The molecule has 0 aliphatic carbocycles. The summed E-state index contributed by atoms with van der Waals surface area (Å²) in [5, 5.41) is 49.2. The van der Waals surface area contributed by atoms with Crippen LogP contribution in [0.15, 0.2) is 0 Å². The maximum Gasteiger partial charge on any atom is 0.0840 e. The molecule has 0 rings (SSSR count). The lowest BCUT2D eigenvalue weighted by molar-refractivity contribution is -0.197. The van der Waals surface area contributed by atoms with Gasteiger partial charge in [-0.1, -0.05) is 27.7 Å². The average molecular weight is 567 g/mol. The molecule has 0 aliphatic rings. The summed E-state index contributed by atoms with van der Waals surface area (Å²) in [5.74, 6) is -0.259. The quantitative estimate of drug-likeness (QED) is 0.119. The van der Waals surface area contributed by atoms with Crippen molar-refractivity contribution in [3.05, 3.63) is 0 Å². The fourth-order valence-corrected chi connectivity index (χ4v) is 4.72. The average Bonchev–Trinajstić information content (AvgIpc) is 2.90. The van der Waals surface area contributed by atoms with Crippen LogP contribution in [0.25, 0.3) is 0 Å². The van der Waals surface area contributed by atoms with E-state index in [0.717, 1.165) is 6.42 Å². The first kappa shape index (κ1) is 38.6. The van der Waals surface area contributed by atoms with Gasteiger partial charge >= 0.3 is 0 Å². The van der Waals surface area contributed by atoms with Crippen LogP contribution in [0.4, 0.5) is 0 Å². The lowest BCUT2D eigenvalue weighted by Gasteiger charge is -2.43. The second-order valence-corrected chi connectivity index (χ2v) is 12.4. The molecule has 0 spiro atoms. The smallest absolute Gasteiger partial charge is 0.0840 e. The molecule has 0 aromatic carbocycles. The SMILES string of the molecule is CCCOC(C)(C)CC(CO)OC(C)(CC)C(COC(C)(CC)CC(O)CO)COC(C)(CC)CC(O)CO. The van der Waals surface area contributed by atoms with Crippen LogP contribution in [-0.4, -0.2) is 106 Å². The summed E-state index contributed by atoms with van der Waals surface area (Å²) in [7, 11) is 0. The molecule has 0 bridgehead atoms. The number of ether oxygens (including phenoxy) is 4. The molecule has 0 amide bonds. The highest BCUT2D eigenvalue weighted by atomic mass is 16.5. The van der Waals surface area contributed by atoms with Crippen LogP contribution >= 0.6 is 0 Å². The largest absolute Gasteiger partial charge is 0.394 e. The maximum absolute atomic E-state index is 10.3. The summed E-state index contributed by atoms with van der Waals surface area (Å²) in [6, 6.07) is 0. The van der Waals surface area contributed by atoms with Crippen LogP contribution in [-0.2, 0) is 18.9 Å². The van der Waals surface area contributed by atoms with Crippen LogP contribution in [0.5, 0.6) is 0 Å². The Morgan fingerprint density at radius 3 is 1.41 bits per heavy atom. The van der Waals surface area contributed by atoms with Gasteiger partial charge in [-0.05, 0) is 60.3 Å². The van der Waals surface area contributed by atoms with Gasteiger partial charge in [-0.15, -0.1) is 0 Å². The third-order valence-corrected chi connectivity index (χ3v) is 8.14. The van der Waals surface area contributed by atoms with E-state index in [1.807, 2.05) is 55.4 Å². The number of hydrogen-bond acceptors (Lipinski definition) is 9. The van der Waals surface area contributed by atoms with Crippen molar-refractivity contribution in [2.45, 2.75) is 148 Å². The highest BCUT2D eigenvalue weighted by molar-refractivity contribution is 4.89. The highest BCUT2D eigenvalue weighted by Gasteiger charge is 2.41. The molecule has 0 aliphatic heterocycles. The second kappa shape index (κ2) is 18.2. The van der Waals surface area contributed by atoms with Crippen molar-refractivity contribution in [2.75, 3.05) is 39.6 Å². The number of hydrogen-bond donors (Lipinski definition) is 5. The first-order valence-electron chi connectivity index (χ1n) is 14.9. The number of rotatable bonds is 24.